The normalized spacial score (nSPS) is 14.0. The molecule has 16 heavy (non-hydrogen) atoms. The third kappa shape index (κ3) is 7.14. The first-order valence-corrected chi connectivity index (χ1v) is 7.69. The summed E-state index contributed by atoms with van der Waals surface area (Å²) in [5.41, 5.74) is 5.51. The Morgan fingerprint density at radius 3 is 2.50 bits per heavy atom. The predicted molar refractivity (Wildman–Crippen MR) is 72.4 cm³/mol. The van der Waals surface area contributed by atoms with Gasteiger partial charge in [0.15, 0.2) is 0 Å². The van der Waals surface area contributed by atoms with Crippen LogP contribution < -0.4 is 5.73 Å². The first-order chi connectivity index (χ1) is 7.28. The Labute approximate surface area is 104 Å². The van der Waals surface area contributed by atoms with E-state index in [4.69, 9.17) is 18.0 Å². The van der Waals surface area contributed by atoms with E-state index in [0.717, 1.165) is 13.1 Å². The SMILES string of the molecule is CCS(=O)(=O)CCCN(C)CC(C)C(N)=S. The minimum Gasteiger partial charge on any atom is -0.393 e. The standard InChI is InChI=1S/C10H22N2O2S2/c1-4-16(13,14)7-5-6-12(3)8-9(2)10(11)15/h9H,4-8H2,1-3H3,(H2,11,15). The van der Waals surface area contributed by atoms with E-state index < -0.39 is 9.84 Å². The van der Waals surface area contributed by atoms with E-state index in [0.29, 0.717) is 11.4 Å². The lowest BCUT2D eigenvalue weighted by atomic mass is 10.2. The fourth-order valence-corrected chi connectivity index (χ4v) is 2.28. The van der Waals surface area contributed by atoms with Crippen LogP contribution in [0.15, 0.2) is 0 Å². The molecule has 0 bridgehead atoms. The highest BCUT2D eigenvalue weighted by Crippen LogP contribution is 2.01. The average molecular weight is 266 g/mol. The maximum absolute atomic E-state index is 11.3. The van der Waals surface area contributed by atoms with Gasteiger partial charge in [-0.05, 0) is 20.0 Å². The molecule has 0 saturated carbocycles. The molecule has 0 fully saturated rings. The molecular weight excluding hydrogens is 244 g/mol. The first-order valence-electron chi connectivity index (χ1n) is 5.46. The van der Waals surface area contributed by atoms with E-state index in [-0.39, 0.29) is 17.4 Å². The monoisotopic (exact) mass is 266 g/mol. The smallest absolute Gasteiger partial charge is 0.150 e. The van der Waals surface area contributed by atoms with Gasteiger partial charge in [-0.25, -0.2) is 8.42 Å². The fraction of sp³-hybridized carbons (Fsp3) is 0.900. The van der Waals surface area contributed by atoms with Gasteiger partial charge in [-0.2, -0.15) is 0 Å². The molecule has 2 N–H and O–H groups in total. The summed E-state index contributed by atoms with van der Waals surface area (Å²) in [7, 11) is -0.885. The van der Waals surface area contributed by atoms with Crippen molar-refractivity contribution in [3.05, 3.63) is 0 Å². The van der Waals surface area contributed by atoms with Crippen LogP contribution >= 0.6 is 12.2 Å². The quantitative estimate of drug-likeness (QED) is 0.654. The van der Waals surface area contributed by atoms with Crippen molar-refractivity contribution in [1.29, 1.82) is 0 Å². The van der Waals surface area contributed by atoms with Crippen LogP contribution in [0, 0.1) is 5.92 Å². The molecule has 6 heteroatoms. The molecule has 4 nitrogen and oxygen atoms in total. The van der Waals surface area contributed by atoms with Gasteiger partial charge in [0.1, 0.15) is 9.84 Å². The van der Waals surface area contributed by atoms with Crippen LogP contribution in [-0.2, 0) is 9.84 Å². The van der Waals surface area contributed by atoms with Crippen molar-refractivity contribution in [2.45, 2.75) is 20.3 Å². The second-order valence-corrected chi connectivity index (χ2v) is 7.10. The molecule has 0 spiro atoms. The summed E-state index contributed by atoms with van der Waals surface area (Å²) in [5, 5.41) is 0. The molecule has 0 aliphatic carbocycles. The largest absolute Gasteiger partial charge is 0.393 e. The number of nitrogens with zero attached hydrogens (tertiary/aromatic N) is 1. The Bertz CT molecular complexity index is 315. The third-order valence-electron chi connectivity index (χ3n) is 2.51. The van der Waals surface area contributed by atoms with Crippen LogP contribution in [0.5, 0.6) is 0 Å². The highest BCUT2D eigenvalue weighted by atomic mass is 32.2. The third-order valence-corrected chi connectivity index (χ3v) is 4.70. The second-order valence-electron chi connectivity index (χ2n) is 4.16. The van der Waals surface area contributed by atoms with Gasteiger partial charge in [0, 0.05) is 18.2 Å². The second kappa shape index (κ2) is 7.19. The van der Waals surface area contributed by atoms with Gasteiger partial charge in [-0.1, -0.05) is 26.1 Å². The molecule has 0 aliphatic heterocycles. The number of sulfone groups is 1. The maximum Gasteiger partial charge on any atom is 0.150 e. The molecule has 0 amide bonds. The zero-order valence-electron chi connectivity index (χ0n) is 10.3. The van der Waals surface area contributed by atoms with E-state index >= 15 is 0 Å². The fourth-order valence-electron chi connectivity index (χ4n) is 1.35. The molecule has 0 aromatic rings. The summed E-state index contributed by atoms with van der Waals surface area (Å²) in [5.74, 6) is 0.651. The molecule has 1 atom stereocenters. The van der Waals surface area contributed by atoms with Crippen LogP contribution in [-0.4, -0.2) is 49.9 Å². The molecule has 96 valence electrons. The number of hydrogen-bond donors (Lipinski definition) is 1. The summed E-state index contributed by atoms with van der Waals surface area (Å²) >= 11 is 4.88. The van der Waals surface area contributed by atoms with Crippen molar-refractivity contribution in [3.63, 3.8) is 0 Å². The van der Waals surface area contributed by atoms with Crippen molar-refractivity contribution < 1.29 is 8.42 Å². The molecule has 1 unspecified atom stereocenters. The van der Waals surface area contributed by atoms with Crippen LogP contribution in [0.3, 0.4) is 0 Å². The summed E-state index contributed by atoms with van der Waals surface area (Å²) in [6, 6.07) is 0. The lowest BCUT2D eigenvalue weighted by Crippen LogP contribution is -2.32. The van der Waals surface area contributed by atoms with Gasteiger partial charge < -0.3 is 10.6 Å². The minimum absolute atomic E-state index is 0.169. The van der Waals surface area contributed by atoms with Crippen LogP contribution in [0.2, 0.25) is 0 Å². The van der Waals surface area contributed by atoms with Gasteiger partial charge in [0.2, 0.25) is 0 Å². The molecule has 0 aromatic carbocycles. The zero-order chi connectivity index (χ0) is 12.8. The van der Waals surface area contributed by atoms with E-state index in [1.807, 2.05) is 14.0 Å². The highest BCUT2D eigenvalue weighted by Gasteiger charge is 2.11. The zero-order valence-corrected chi connectivity index (χ0v) is 11.9. The maximum atomic E-state index is 11.3. The Kier molecular flexibility index (Phi) is 7.10. The number of nitrogens with two attached hydrogens (primary N) is 1. The van der Waals surface area contributed by atoms with Gasteiger partial charge in [-0.3, -0.25) is 0 Å². The molecule has 0 rings (SSSR count). The van der Waals surface area contributed by atoms with Crippen LogP contribution in [0.4, 0.5) is 0 Å². The van der Waals surface area contributed by atoms with Crippen molar-refractivity contribution in [2.75, 3.05) is 31.6 Å². The Balaban J connectivity index is 3.83. The van der Waals surface area contributed by atoms with E-state index in [1.54, 1.807) is 6.92 Å². The Morgan fingerprint density at radius 2 is 2.06 bits per heavy atom. The van der Waals surface area contributed by atoms with Crippen LogP contribution in [0.25, 0.3) is 0 Å². The number of hydrogen-bond acceptors (Lipinski definition) is 4. The molecule has 0 aliphatic rings. The molecule has 0 heterocycles. The summed E-state index contributed by atoms with van der Waals surface area (Å²) in [6.07, 6.45) is 0.663. The van der Waals surface area contributed by atoms with Gasteiger partial charge >= 0.3 is 0 Å². The first kappa shape index (κ1) is 15.8. The molecule has 0 radical (unpaired) electrons. The summed E-state index contributed by atoms with van der Waals surface area (Å²) in [6.45, 7) is 5.18. The van der Waals surface area contributed by atoms with Crippen molar-refractivity contribution in [2.24, 2.45) is 11.7 Å². The Morgan fingerprint density at radius 1 is 1.50 bits per heavy atom. The number of rotatable bonds is 8. The van der Waals surface area contributed by atoms with Gasteiger partial charge in [0.05, 0.1) is 10.7 Å². The molecular formula is C10H22N2O2S2. The topological polar surface area (TPSA) is 63.4 Å². The van der Waals surface area contributed by atoms with E-state index in [1.165, 1.54) is 0 Å². The predicted octanol–water partition coefficient (Wildman–Crippen LogP) is 0.665. The minimum atomic E-state index is -2.84. The van der Waals surface area contributed by atoms with Crippen molar-refractivity contribution in [1.82, 2.24) is 4.90 Å². The summed E-state index contributed by atoms with van der Waals surface area (Å²) in [4.78, 5) is 2.57. The summed E-state index contributed by atoms with van der Waals surface area (Å²) < 4.78 is 22.5. The molecule has 0 aromatic heterocycles. The van der Waals surface area contributed by atoms with Crippen molar-refractivity contribution >= 4 is 27.0 Å². The Hall–Kier alpha value is -0.200. The highest BCUT2D eigenvalue weighted by molar-refractivity contribution is 7.91. The van der Waals surface area contributed by atoms with Gasteiger partial charge in [0.25, 0.3) is 0 Å². The molecule has 0 saturated heterocycles. The van der Waals surface area contributed by atoms with Crippen LogP contribution in [0.1, 0.15) is 20.3 Å². The average Bonchev–Trinajstić information content (AvgIpc) is 2.17. The lowest BCUT2D eigenvalue weighted by Gasteiger charge is -2.20. The van der Waals surface area contributed by atoms with E-state index in [2.05, 4.69) is 4.90 Å². The van der Waals surface area contributed by atoms with Gasteiger partial charge in [-0.15, -0.1) is 0 Å². The van der Waals surface area contributed by atoms with E-state index in [9.17, 15) is 8.42 Å². The lowest BCUT2D eigenvalue weighted by molar-refractivity contribution is 0.316. The number of thiocarbonyl (C=S) groups is 1. The van der Waals surface area contributed by atoms with Crippen molar-refractivity contribution in [3.8, 4) is 0 Å².